The van der Waals surface area contributed by atoms with Crippen LogP contribution >= 0.6 is 0 Å². The predicted octanol–water partition coefficient (Wildman–Crippen LogP) is 13.2. The van der Waals surface area contributed by atoms with Crippen LogP contribution in [0.5, 0.6) is 0 Å². The van der Waals surface area contributed by atoms with Gasteiger partial charge in [0.15, 0.2) is 17.5 Å². The fourth-order valence-electron chi connectivity index (χ4n) is 7.78. The molecular formula is C51H32N4O. The van der Waals surface area contributed by atoms with E-state index in [4.69, 9.17) is 26.2 Å². The lowest BCUT2D eigenvalue weighted by Gasteiger charge is -2.10. The zero-order chi connectivity index (χ0) is 41.4. The van der Waals surface area contributed by atoms with Gasteiger partial charge in [-0.2, -0.15) is 0 Å². The fraction of sp³-hybridized carbons (Fsp3) is 0. The van der Waals surface area contributed by atoms with Gasteiger partial charge in [-0.3, -0.25) is 0 Å². The first-order valence-corrected chi connectivity index (χ1v) is 18.4. The first-order valence-electron chi connectivity index (χ1n) is 20.9. The van der Waals surface area contributed by atoms with Crippen LogP contribution in [-0.2, 0) is 0 Å². The molecule has 5 heteroatoms. The Kier molecular flexibility index (Phi) is 6.29. The van der Waals surface area contributed by atoms with E-state index in [0.717, 1.165) is 60.7 Å². The Balaban J connectivity index is 1.06. The Morgan fingerprint density at radius 3 is 1.84 bits per heavy atom. The third-order valence-electron chi connectivity index (χ3n) is 10.4. The summed E-state index contributed by atoms with van der Waals surface area (Å²) in [7, 11) is 0. The molecule has 0 aliphatic heterocycles. The van der Waals surface area contributed by atoms with Gasteiger partial charge in [0.2, 0.25) is 0 Å². The minimum absolute atomic E-state index is 0.135. The lowest BCUT2D eigenvalue weighted by atomic mass is 9.99. The van der Waals surface area contributed by atoms with Gasteiger partial charge in [0.1, 0.15) is 11.2 Å². The molecule has 0 aliphatic rings. The summed E-state index contributed by atoms with van der Waals surface area (Å²) in [6.07, 6.45) is 0. The first-order chi connectivity index (χ1) is 29.8. The molecule has 3 aromatic heterocycles. The molecule has 262 valence electrons. The van der Waals surface area contributed by atoms with Gasteiger partial charge in [0.05, 0.1) is 17.9 Å². The third-order valence-corrected chi connectivity index (χ3v) is 10.4. The molecule has 0 saturated heterocycles. The lowest BCUT2D eigenvalue weighted by molar-refractivity contribution is 0.670. The average molecular weight is 722 g/mol. The number of rotatable bonds is 6. The highest BCUT2D eigenvalue weighted by Crippen LogP contribution is 2.42. The van der Waals surface area contributed by atoms with Crippen molar-refractivity contribution in [3.63, 3.8) is 0 Å². The summed E-state index contributed by atoms with van der Waals surface area (Å²) in [5.41, 5.74) is 9.75. The largest absolute Gasteiger partial charge is 0.455 e. The topological polar surface area (TPSA) is 56.7 Å². The summed E-state index contributed by atoms with van der Waals surface area (Å²) in [4.78, 5) is 15.0. The fourth-order valence-corrected chi connectivity index (χ4v) is 7.78. The standard InChI is InChI=1S/C51H32N4O/c1-4-14-33(15-5-1)34-26-28-36(29-27-34)50-52-49(35-16-6-2-7-17-35)53-51(54-50)42-23-13-25-46-47(42)41-22-12-21-39(48(41)56-46)37-30-31-45-43(32-37)40-20-10-11-24-44(40)55(45)38-18-8-3-9-19-38/h1-32H/i1D,4D,5D,14D,15D. The van der Waals surface area contributed by atoms with E-state index < -0.39 is 6.04 Å². The Morgan fingerprint density at radius 1 is 0.429 bits per heavy atom. The number of para-hydroxylation sites is 3. The SMILES string of the molecule is [2H]c1c([2H])c([2H])c(-c2ccc(-c3nc(-c4ccccc4)nc(-c4cccc5oc6c(-c7ccc8c(c7)c7ccccc7n8-c7ccccc7)cccc6c45)n3)cc2)c([2H])c1[2H]. The van der Waals surface area contributed by atoms with Crippen LogP contribution < -0.4 is 0 Å². The Labute approximate surface area is 329 Å². The summed E-state index contributed by atoms with van der Waals surface area (Å²) in [5.74, 6) is 1.38. The van der Waals surface area contributed by atoms with Crippen molar-refractivity contribution in [2.45, 2.75) is 0 Å². The summed E-state index contributed by atoms with van der Waals surface area (Å²) >= 11 is 0. The molecule has 11 aromatic rings. The third kappa shape index (κ3) is 5.29. The normalized spacial score (nSPS) is 12.8. The molecule has 0 spiro atoms. The van der Waals surface area contributed by atoms with Crippen molar-refractivity contribution < 1.29 is 11.3 Å². The Hall–Kier alpha value is -7.63. The second kappa shape index (κ2) is 13.0. The van der Waals surface area contributed by atoms with Crippen molar-refractivity contribution >= 4 is 43.7 Å². The van der Waals surface area contributed by atoms with Crippen molar-refractivity contribution in [1.29, 1.82) is 0 Å². The first kappa shape index (κ1) is 27.0. The van der Waals surface area contributed by atoms with Crippen LogP contribution in [0.1, 0.15) is 6.85 Å². The highest BCUT2D eigenvalue weighted by molar-refractivity contribution is 6.16. The highest BCUT2D eigenvalue weighted by atomic mass is 16.3. The molecule has 3 heterocycles. The summed E-state index contributed by atoms with van der Waals surface area (Å²) in [6, 6.07) is 52.8. The molecule has 0 fully saturated rings. The molecule has 0 bridgehead atoms. The zero-order valence-electron chi connectivity index (χ0n) is 34.8. The smallest absolute Gasteiger partial charge is 0.164 e. The number of hydrogen-bond donors (Lipinski definition) is 0. The highest BCUT2D eigenvalue weighted by Gasteiger charge is 2.20. The van der Waals surface area contributed by atoms with Gasteiger partial charge < -0.3 is 8.98 Å². The Morgan fingerprint density at radius 2 is 1.04 bits per heavy atom. The minimum Gasteiger partial charge on any atom is -0.455 e. The van der Waals surface area contributed by atoms with Crippen LogP contribution in [0.25, 0.3) is 106 Å². The summed E-state index contributed by atoms with van der Waals surface area (Å²) < 4.78 is 50.4. The maximum atomic E-state index is 8.49. The van der Waals surface area contributed by atoms with Crippen molar-refractivity contribution in [3.05, 3.63) is 194 Å². The lowest BCUT2D eigenvalue weighted by Crippen LogP contribution is -2.00. The number of aromatic nitrogens is 4. The van der Waals surface area contributed by atoms with E-state index in [1.807, 2.05) is 54.6 Å². The number of hydrogen-bond acceptors (Lipinski definition) is 4. The van der Waals surface area contributed by atoms with Crippen molar-refractivity contribution in [1.82, 2.24) is 19.5 Å². The summed E-state index contributed by atoms with van der Waals surface area (Å²) in [6.45, 7) is 0. The molecule has 5 nitrogen and oxygen atoms in total. The number of benzene rings is 8. The Bertz CT molecular complexity index is 3500. The van der Waals surface area contributed by atoms with Gasteiger partial charge in [0.25, 0.3) is 0 Å². The monoisotopic (exact) mass is 721 g/mol. The second-order valence-corrected chi connectivity index (χ2v) is 13.6. The van der Waals surface area contributed by atoms with Gasteiger partial charge in [-0.05, 0) is 53.1 Å². The van der Waals surface area contributed by atoms with Crippen molar-refractivity contribution in [3.8, 4) is 62.1 Å². The van der Waals surface area contributed by atoms with Crippen LogP contribution in [-0.4, -0.2) is 19.5 Å². The molecule has 0 N–H and O–H groups in total. The van der Waals surface area contributed by atoms with E-state index >= 15 is 0 Å². The van der Waals surface area contributed by atoms with E-state index in [1.165, 1.54) is 5.39 Å². The van der Waals surface area contributed by atoms with Crippen LogP contribution in [0.15, 0.2) is 198 Å². The van der Waals surface area contributed by atoms with E-state index in [9.17, 15) is 0 Å². The van der Waals surface area contributed by atoms with E-state index in [2.05, 4.69) is 89.5 Å². The predicted molar refractivity (Wildman–Crippen MR) is 229 cm³/mol. The van der Waals surface area contributed by atoms with Gasteiger partial charge >= 0.3 is 0 Å². The molecule has 0 atom stereocenters. The second-order valence-electron chi connectivity index (χ2n) is 13.6. The van der Waals surface area contributed by atoms with Gasteiger partial charge in [-0.15, -0.1) is 0 Å². The maximum Gasteiger partial charge on any atom is 0.164 e. The average Bonchev–Trinajstić information content (AvgIpc) is 3.87. The number of nitrogens with zero attached hydrogens (tertiary/aromatic N) is 4. The van der Waals surface area contributed by atoms with Crippen LogP contribution in [0.4, 0.5) is 0 Å². The van der Waals surface area contributed by atoms with Gasteiger partial charge in [0, 0.05) is 49.5 Å². The molecular weight excluding hydrogens is 685 g/mol. The van der Waals surface area contributed by atoms with Crippen LogP contribution in [0.3, 0.4) is 0 Å². The summed E-state index contributed by atoms with van der Waals surface area (Å²) in [5, 5.41) is 4.14. The van der Waals surface area contributed by atoms with E-state index in [1.54, 1.807) is 24.3 Å². The van der Waals surface area contributed by atoms with Crippen molar-refractivity contribution in [2.75, 3.05) is 0 Å². The molecule has 0 amide bonds. The van der Waals surface area contributed by atoms with E-state index in [0.29, 0.717) is 34.2 Å². The number of fused-ring (bicyclic) bond motifs is 6. The quantitative estimate of drug-likeness (QED) is 0.172. The zero-order valence-corrected chi connectivity index (χ0v) is 29.8. The molecule has 56 heavy (non-hydrogen) atoms. The maximum absolute atomic E-state index is 8.49. The van der Waals surface area contributed by atoms with E-state index in [-0.39, 0.29) is 29.7 Å². The molecule has 8 aromatic carbocycles. The molecule has 0 unspecified atom stereocenters. The van der Waals surface area contributed by atoms with Gasteiger partial charge in [-0.25, -0.2) is 15.0 Å². The molecule has 0 saturated carbocycles. The van der Waals surface area contributed by atoms with Gasteiger partial charge in [-0.1, -0.05) is 158 Å². The molecule has 0 radical (unpaired) electrons. The molecule has 11 rings (SSSR count). The number of furan rings is 1. The van der Waals surface area contributed by atoms with Crippen molar-refractivity contribution in [2.24, 2.45) is 0 Å². The van der Waals surface area contributed by atoms with Crippen LogP contribution in [0, 0.1) is 0 Å². The molecule has 0 aliphatic carbocycles. The minimum atomic E-state index is -0.428. The van der Waals surface area contributed by atoms with Crippen LogP contribution in [0.2, 0.25) is 0 Å².